The van der Waals surface area contributed by atoms with Gasteiger partial charge < -0.3 is 14.8 Å². The third-order valence-electron chi connectivity index (χ3n) is 3.06. The third kappa shape index (κ3) is 6.23. The standard InChI is InChI=1S/C17H16ClN3O4S/c1-24-16(23)11-2-8-14(9-3-11)25-10-15(22)20-21-17(26)19-13-6-4-12(18)5-7-13/h2-9H,10H2,1H3,(H,20,22)(H2,19,21,26). The molecule has 1 amide bonds. The quantitative estimate of drug-likeness (QED) is 0.408. The Morgan fingerprint density at radius 1 is 1.04 bits per heavy atom. The first-order chi connectivity index (χ1) is 12.5. The van der Waals surface area contributed by atoms with E-state index in [9.17, 15) is 9.59 Å². The third-order valence-corrected chi connectivity index (χ3v) is 3.52. The van der Waals surface area contributed by atoms with Crippen LogP contribution in [-0.2, 0) is 9.53 Å². The van der Waals surface area contributed by atoms with Crippen molar-refractivity contribution in [3.63, 3.8) is 0 Å². The lowest BCUT2D eigenvalue weighted by atomic mass is 10.2. The average Bonchev–Trinajstić information content (AvgIpc) is 2.66. The normalized spacial score (nSPS) is 9.77. The minimum atomic E-state index is -0.444. The zero-order valence-corrected chi connectivity index (χ0v) is 15.3. The number of halogens is 1. The summed E-state index contributed by atoms with van der Waals surface area (Å²) in [6, 6.07) is 13.2. The highest BCUT2D eigenvalue weighted by Gasteiger charge is 2.07. The summed E-state index contributed by atoms with van der Waals surface area (Å²) in [4.78, 5) is 23.1. The fourth-order valence-corrected chi connectivity index (χ4v) is 2.11. The minimum absolute atomic E-state index is 0.211. The molecule has 0 aliphatic carbocycles. The molecule has 0 atom stereocenters. The van der Waals surface area contributed by atoms with E-state index in [-0.39, 0.29) is 11.7 Å². The van der Waals surface area contributed by atoms with Gasteiger partial charge >= 0.3 is 5.97 Å². The molecular formula is C17H16ClN3O4S. The van der Waals surface area contributed by atoms with E-state index in [0.717, 1.165) is 5.69 Å². The van der Waals surface area contributed by atoms with Crippen molar-refractivity contribution in [3.05, 3.63) is 59.1 Å². The molecule has 9 heteroatoms. The number of thiocarbonyl (C=S) groups is 1. The number of carbonyl (C=O) groups is 2. The number of rotatable bonds is 5. The molecule has 0 saturated heterocycles. The molecule has 0 spiro atoms. The van der Waals surface area contributed by atoms with E-state index in [1.807, 2.05) is 0 Å². The highest BCUT2D eigenvalue weighted by atomic mass is 35.5. The number of amides is 1. The second-order valence-corrected chi connectivity index (χ2v) is 5.78. The summed E-state index contributed by atoms with van der Waals surface area (Å²) in [6.45, 7) is -0.228. The Kier molecular flexibility index (Phi) is 7.19. The van der Waals surface area contributed by atoms with Gasteiger partial charge in [0.2, 0.25) is 0 Å². The Bertz CT molecular complexity index is 782. The first kappa shape index (κ1) is 19.5. The van der Waals surface area contributed by atoms with Gasteiger partial charge in [-0.25, -0.2) is 4.79 Å². The lowest BCUT2D eigenvalue weighted by molar-refractivity contribution is -0.123. The van der Waals surface area contributed by atoms with Crippen molar-refractivity contribution >= 4 is 46.5 Å². The summed E-state index contributed by atoms with van der Waals surface area (Å²) in [5.74, 6) is -0.433. The van der Waals surface area contributed by atoms with Gasteiger partial charge in [0.05, 0.1) is 12.7 Å². The predicted molar refractivity (Wildman–Crippen MR) is 102 cm³/mol. The fourth-order valence-electron chi connectivity index (χ4n) is 1.81. The molecular weight excluding hydrogens is 378 g/mol. The molecule has 0 saturated carbocycles. The molecule has 2 aromatic carbocycles. The van der Waals surface area contributed by atoms with Gasteiger partial charge in [0, 0.05) is 10.7 Å². The average molecular weight is 394 g/mol. The van der Waals surface area contributed by atoms with Crippen LogP contribution in [0.5, 0.6) is 5.75 Å². The SMILES string of the molecule is COC(=O)c1ccc(OCC(=O)NNC(=S)Nc2ccc(Cl)cc2)cc1. The number of anilines is 1. The van der Waals surface area contributed by atoms with Crippen molar-refractivity contribution in [3.8, 4) is 5.75 Å². The van der Waals surface area contributed by atoms with Gasteiger partial charge in [-0.3, -0.25) is 15.6 Å². The van der Waals surface area contributed by atoms with E-state index in [4.69, 9.17) is 28.6 Å². The minimum Gasteiger partial charge on any atom is -0.484 e. The van der Waals surface area contributed by atoms with Crippen LogP contribution < -0.4 is 20.9 Å². The van der Waals surface area contributed by atoms with Crippen LogP contribution in [0, 0.1) is 0 Å². The number of methoxy groups -OCH3 is 1. The molecule has 0 aromatic heterocycles. The highest BCUT2D eigenvalue weighted by Crippen LogP contribution is 2.13. The zero-order chi connectivity index (χ0) is 18.9. The molecule has 3 N–H and O–H groups in total. The van der Waals surface area contributed by atoms with Crippen LogP contribution in [0.1, 0.15) is 10.4 Å². The van der Waals surface area contributed by atoms with Crippen molar-refractivity contribution in [1.29, 1.82) is 0 Å². The molecule has 2 aromatic rings. The summed E-state index contributed by atoms with van der Waals surface area (Å²) in [6.07, 6.45) is 0. The Balaban J connectivity index is 1.72. The maximum absolute atomic E-state index is 11.8. The van der Waals surface area contributed by atoms with Gasteiger partial charge in [0.1, 0.15) is 5.75 Å². The molecule has 0 bridgehead atoms. The first-order valence-electron chi connectivity index (χ1n) is 7.40. The van der Waals surface area contributed by atoms with Crippen molar-refractivity contribution in [2.75, 3.05) is 19.0 Å². The summed E-state index contributed by atoms with van der Waals surface area (Å²) in [7, 11) is 1.30. The molecule has 136 valence electrons. The van der Waals surface area contributed by atoms with Crippen LogP contribution in [-0.4, -0.2) is 30.7 Å². The maximum Gasteiger partial charge on any atom is 0.337 e. The van der Waals surface area contributed by atoms with E-state index < -0.39 is 11.9 Å². The van der Waals surface area contributed by atoms with Gasteiger partial charge in [-0.15, -0.1) is 0 Å². The van der Waals surface area contributed by atoms with Crippen molar-refractivity contribution in [2.45, 2.75) is 0 Å². The van der Waals surface area contributed by atoms with Gasteiger partial charge in [-0.1, -0.05) is 11.6 Å². The Morgan fingerprint density at radius 2 is 1.69 bits per heavy atom. The topological polar surface area (TPSA) is 88.7 Å². The van der Waals surface area contributed by atoms with Crippen LogP contribution in [0.3, 0.4) is 0 Å². The van der Waals surface area contributed by atoms with Crippen LogP contribution in [0.25, 0.3) is 0 Å². The summed E-state index contributed by atoms with van der Waals surface area (Å²) in [5, 5.41) is 3.70. The highest BCUT2D eigenvalue weighted by molar-refractivity contribution is 7.80. The fraction of sp³-hybridized carbons (Fsp3) is 0.118. The van der Waals surface area contributed by atoms with Gasteiger partial charge in [0.25, 0.3) is 5.91 Å². The number of hydrogen-bond acceptors (Lipinski definition) is 5. The van der Waals surface area contributed by atoms with E-state index >= 15 is 0 Å². The smallest absolute Gasteiger partial charge is 0.337 e. The largest absolute Gasteiger partial charge is 0.484 e. The first-order valence-corrected chi connectivity index (χ1v) is 8.19. The molecule has 0 heterocycles. The second kappa shape index (κ2) is 9.59. The molecule has 2 rings (SSSR count). The van der Waals surface area contributed by atoms with E-state index in [1.165, 1.54) is 7.11 Å². The number of benzene rings is 2. The number of nitrogens with one attached hydrogen (secondary N) is 3. The van der Waals surface area contributed by atoms with E-state index in [2.05, 4.69) is 20.9 Å². The van der Waals surface area contributed by atoms with Crippen LogP contribution in [0.4, 0.5) is 5.69 Å². The maximum atomic E-state index is 11.8. The lowest BCUT2D eigenvalue weighted by Crippen LogP contribution is -2.45. The predicted octanol–water partition coefficient (Wildman–Crippen LogP) is 2.52. The van der Waals surface area contributed by atoms with E-state index in [0.29, 0.717) is 16.3 Å². The monoisotopic (exact) mass is 393 g/mol. The van der Waals surface area contributed by atoms with Crippen LogP contribution in [0.15, 0.2) is 48.5 Å². The number of carbonyl (C=O) groups excluding carboxylic acids is 2. The molecule has 26 heavy (non-hydrogen) atoms. The number of ether oxygens (including phenoxy) is 2. The number of hydrazine groups is 1. The van der Waals surface area contributed by atoms with Crippen LogP contribution in [0.2, 0.25) is 5.02 Å². The second-order valence-electron chi connectivity index (χ2n) is 4.94. The van der Waals surface area contributed by atoms with E-state index in [1.54, 1.807) is 48.5 Å². The van der Waals surface area contributed by atoms with Crippen molar-refractivity contribution < 1.29 is 19.1 Å². The summed E-state index contributed by atoms with van der Waals surface area (Å²) < 4.78 is 9.92. The molecule has 0 unspecified atom stereocenters. The number of esters is 1. The Morgan fingerprint density at radius 3 is 2.31 bits per heavy atom. The molecule has 0 aliphatic heterocycles. The van der Waals surface area contributed by atoms with Gasteiger partial charge in [-0.05, 0) is 60.7 Å². The zero-order valence-electron chi connectivity index (χ0n) is 13.7. The molecule has 0 fully saturated rings. The summed E-state index contributed by atoms with van der Waals surface area (Å²) >= 11 is 10.9. The molecule has 0 radical (unpaired) electrons. The van der Waals surface area contributed by atoms with Gasteiger partial charge in [0.15, 0.2) is 11.7 Å². The Hall–Kier alpha value is -2.84. The number of hydrogen-bond donors (Lipinski definition) is 3. The lowest BCUT2D eigenvalue weighted by Gasteiger charge is -2.12. The van der Waals surface area contributed by atoms with Crippen molar-refractivity contribution in [2.24, 2.45) is 0 Å². The molecule has 0 aliphatic rings. The molecule has 7 nitrogen and oxygen atoms in total. The van der Waals surface area contributed by atoms with Gasteiger partial charge in [-0.2, -0.15) is 0 Å². The van der Waals surface area contributed by atoms with Crippen molar-refractivity contribution in [1.82, 2.24) is 10.9 Å². The Labute approximate surface area is 160 Å². The summed E-state index contributed by atoms with van der Waals surface area (Å²) in [5.41, 5.74) is 6.08. The van der Waals surface area contributed by atoms with Crippen LogP contribution >= 0.6 is 23.8 Å².